The molecule has 1 aromatic heterocycles. The van der Waals surface area contributed by atoms with Gasteiger partial charge in [-0.15, -0.1) is 0 Å². The molecule has 0 atom stereocenters. The summed E-state index contributed by atoms with van der Waals surface area (Å²) in [5, 5.41) is 4.63. The van der Waals surface area contributed by atoms with Crippen LogP contribution in [0.25, 0.3) is 11.3 Å². The van der Waals surface area contributed by atoms with Crippen LogP contribution >= 0.6 is 0 Å². The van der Waals surface area contributed by atoms with Gasteiger partial charge in [0.25, 0.3) is 5.91 Å². The number of benzene rings is 2. The molecule has 2 aromatic carbocycles. The number of amides is 1. The number of hydrogen-bond donors (Lipinski definition) is 0. The van der Waals surface area contributed by atoms with E-state index >= 15 is 0 Å². The molecule has 0 N–H and O–H groups in total. The van der Waals surface area contributed by atoms with E-state index in [2.05, 4.69) is 5.10 Å². The topological polar surface area (TPSA) is 38.1 Å². The number of halogens is 2. The minimum atomic E-state index is -1.09. The lowest BCUT2D eigenvalue weighted by molar-refractivity contribution is 0.0757. The van der Waals surface area contributed by atoms with Gasteiger partial charge in [0.1, 0.15) is 0 Å². The standard InChI is InChI=1S/C21H19F2N3O/c1-25-20(14-6-3-2-4-7-14)15-10-12-26(13-11-18(15)24-25)21(27)16-8-5-9-17(22)19(16)23/h2-9H,10-13H2,1H3. The van der Waals surface area contributed by atoms with Crippen molar-refractivity contribution in [2.45, 2.75) is 12.8 Å². The van der Waals surface area contributed by atoms with Crippen LogP contribution in [-0.2, 0) is 19.9 Å². The Morgan fingerprint density at radius 2 is 1.74 bits per heavy atom. The molecule has 3 aromatic rings. The Kier molecular flexibility index (Phi) is 4.48. The molecular formula is C21H19F2N3O. The molecule has 1 aliphatic rings. The van der Waals surface area contributed by atoms with Crippen molar-refractivity contribution in [3.63, 3.8) is 0 Å². The number of nitrogens with zero attached hydrogens (tertiary/aromatic N) is 3. The molecule has 0 unspecified atom stereocenters. The molecule has 0 fully saturated rings. The summed E-state index contributed by atoms with van der Waals surface area (Å²) < 4.78 is 29.4. The zero-order valence-electron chi connectivity index (χ0n) is 15.0. The second-order valence-electron chi connectivity index (χ2n) is 6.66. The van der Waals surface area contributed by atoms with Crippen LogP contribution in [0.1, 0.15) is 21.6 Å². The molecule has 6 heteroatoms. The third-order valence-corrected chi connectivity index (χ3v) is 5.00. The van der Waals surface area contributed by atoms with Gasteiger partial charge in [-0.25, -0.2) is 8.78 Å². The Bertz CT molecular complexity index is 998. The molecule has 4 rings (SSSR count). The largest absolute Gasteiger partial charge is 0.338 e. The summed E-state index contributed by atoms with van der Waals surface area (Å²) in [4.78, 5) is 14.3. The summed E-state index contributed by atoms with van der Waals surface area (Å²) in [6, 6.07) is 13.7. The highest BCUT2D eigenvalue weighted by Gasteiger charge is 2.26. The highest BCUT2D eigenvalue weighted by atomic mass is 19.2. The van der Waals surface area contributed by atoms with E-state index < -0.39 is 17.5 Å². The first kappa shape index (κ1) is 17.4. The first-order valence-electron chi connectivity index (χ1n) is 8.89. The van der Waals surface area contributed by atoms with Crippen LogP contribution in [0.3, 0.4) is 0 Å². The van der Waals surface area contributed by atoms with E-state index in [4.69, 9.17) is 0 Å². The Morgan fingerprint density at radius 3 is 2.52 bits per heavy atom. The molecule has 27 heavy (non-hydrogen) atoms. The molecule has 0 saturated heterocycles. The number of aromatic nitrogens is 2. The van der Waals surface area contributed by atoms with Gasteiger partial charge in [0.15, 0.2) is 11.6 Å². The maximum atomic E-state index is 14.0. The normalized spacial score (nSPS) is 14.0. The Labute approximate surface area is 156 Å². The zero-order chi connectivity index (χ0) is 19.0. The lowest BCUT2D eigenvalue weighted by Crippen LogP contribution is -2.34. The Hall–Kier alpha value is -3.02. The molecule has 0 spiro atoms. The van der Waals surface area contributed by atoms with Crippen LogP contribution in [-0.4, -0.2) is 33.7 Å². The molecule has 0 radical (unpaired) electrons. The smallest absolute Gasteiger partial charge is 0.256 e. The summed E-state index contributed by atoms with van der Waals surface area (Å²) in [5.41, 5.74) is 3.95. The van der Waals surface area contributed by atoms with Crippen molar-refractivity contribution in [2.24, 2.45) is 7.05 Å². The molecule has 138 valence electrons. The minimum Gasteiger partial charge on any atom is -0.338 e. The van der Waals surface area contributed by atoms with Crippen LogP contribution in [0.2, 0.25) is 0 Å². The van der Waals surface area contributed by atoms with Crippen molar-refractivity contribution >= 4 is 5.91 Å². The van der Waals surface area contributed by atoms with Crippen LogP contribution in [0, 0.1) is 11.6 Å². The maximum absolute atomic E-state index is 14.0. The number of carbonyl (C=O) groups excluding carboxylic acids is 1. The quantitative estimate of drug-likeness (QED) is 0.694. The molecule has 1 amide bonds. The molecule has 0 saturated carbocycles. The van der Waals surface area contributed by atoms with E-state index in [-0.39, 0.29) is 5.56 Å². The molecule has 1 aliphatic heterocycles. The first-order chi connectivity index (χ1) is 13.1. The fourth-order valence-corrected chi connectivity index (χ4v) is 3.69. The van der Waals surface area contributed by atoms with Crippen LogP contribution in [0.15, 0.2) is 48.5 Å². The predicted octanol–water partition coefficient (Wildman–Crippen LogP) is 3.61. The lowest BCUT2D eigenvalue weighted by atomic mass is 10.0. The van der Waals surface area contributed by atoms with Gasteiger partial charge in [0.2, 0.25) is 0 Å². The summed E-state index contributed by atoms with van der Waals surface area (Å²) in [7, 11) is 1.92. The second kappa shape index (κ2) is 6.95. The maximum Gasteiger partial charge on any atom is 0.256 e. The van der Waals surface area contributed by atoms with Crippen molar-refractivity contribution in [3.05, 3.63) is 77.0 Å². The first-order valence-corrected chi connectivity index (χ1v) is 8.89. The monoisotopic (exact) mass is 367 g/mol. The summed E-state index contributed by atoms with van der Waals surface area (Å²) >= 11 is 0. The van der Waals surface area contributed by atoms with E-state index in [1.54, 1.807) is 4.90 Å². The van der Waals surface area contributed by atoms with Crippen molar-refractivity contribution < 1.29 is 13.6 Å². The van der Waals surface area contributed by atoms with Crippen LogP contribution < -0.4 is 0 Å². The molecular weight excluding hydrogens is 348 g/mol. The Morgan fingerprint density at radius 1 is 1.00 bits per heavy atom. The van der Waals surface area contributed by atoms with Crippen molar-refractivity contribution in [2.75, 3.05) is 13.1 Å². The van der Waals surface area contributed by atoms with Gasteiger partial charge in [-0.1, -0.05) is 36.4 Å². The number of rotatable bonds is 2. The second-order valence-corrected chi connectivity index (χ2v) is 6.66. The fourth-order valence-electron chi connectivity index (χ4n) is 3.69. The predicted molar refractivity (Wildman–Crippen MR) is 98.3 cm³/mol. The Balaban J connectivity index is 1.62. The zero-order valence-corrected chi connectivity index (χ0v) is 15.0. The average molecular weight is 367 g/mol. The fraction of sp³-hybridized carbons (Fsp3) is 0.238. The number of carbonyl (C=O) groups is 1. The van der Waals surface area contributed by atoms with Gasteiger partial charge >= 0.3 is 0 Å². The average Bonchev–Trinajstić information content (AvgIpc) is 2.85. The molecule has 0 bridgehead atoms. The van der Waals surface area contributed by atoms with E-state index in [1.807, 2.05) is 42.1 Å². The number of aryl methyl sites for hydroxylation is 1. The van der Waals surface area contributed by atoms with Crippen molar-refractivity contribution in [3.8, 4) is 11.3 Å². The van der Waals surface area contributed by atoms with E-state index in [0.717, 1.165) is 28.6 Å². The van der Waals surface area contributed by atoms with E-state index in [1.165, 1.54) is 12.1 Å². The number of hydrogen-bond acceptors (Lipinski definition) is 2. The van der Waals surface area contributed by atoms with Gasteiger partial charge in [0, 0.05) is 37.7 Å². The van der Waals surface area contributed by atoms with Crippen molar-refractivity contribution in [1.82, 2.24) is 14.7 Å². The van der Waals surface area contributed by atoms with Crippen LogP contribution in [0.4, 0.5) is 8.78 Å². The third-order valence-electron chi connectivity index (χ3n) is 5.00. The van der Waals surface area contributed by atoms with Gasteiger partial charge in [-0.3, -0.25) is 9.48 Å². The van der Waals surface area contributed by atoms with Gasteiger partial charge in [-0.05, 0) is 18.6 Å². The van der Waals surface area contributed by atoms with Crippen LogP contribution in [0.5, 0.6) is 0 Å². The van der Waals surface area contributed by atoms with Gasteiger partial charge in [-0.2, -0.15) is 5.10 Å². The SMILES string of the molecule is Cn1nc2c(c1-c1ccccc1)CCN(C(=O)c1cccc(F)c1F)CC2. The highest BCUT2D eigenvalue weighted by molar-refractivity contribution is 5.94. The summed E-state index contributed by atoms with van der Waals surface area (Å²) in [6.45, 7) is 0.861. The lowest BCUT2D eigenvalue weighted by Gasteiger charge is -2.21. The third kappa shape index (κ3) is 3.12. The molecule has 0 aliphatic carbocycles. The highest BCUT2D eigenvalue weighted by Crippen LogP contribution is 2.29. The van der Waals surface area contributed by atoms with Gasteiger partial charge < -0.3 is 4.90 Å². The van der Waals surface area contributed by atoms with E-state index in [0.29, 0.717) is 25.9 Å². The summed E-state index contributed by atoms with van der Waals surface area (Å²) in [5.74, 6) is -2.58. The molecule has 4 nitrogen and oxygen atoms in total. The van der Waals surface area contributed by atoms with Crippen molar-refractivity contribution in [1.29, 1.82) is 0 Å². The minimum absolute atomic E-state index is 0.224. The molecule has 2 heterocycles. The van der Waals surface area contributed by atoms with Gasteiger partial charge in [0.05, 0.1) is 17.0 Å². The summed E-state index contributed by atoms with van der Waals surface area (Å²) in [6.07, 6.45) is 1.20. The van der Waals surface area contributed by atoms with E-state index in [9.17, 15) is 13.6 Å². The number of fused-ring (bicyclic) bond motifs is 1.